The number of rotatable bonds is 7. The minimum Gasteiger partial charge on any atom is -0.497 e. The number of aryl methyl sites for hydroxylation is 1. The first-order valence-corrected chi connectivity index (χ1v) is 13.2. The fourth-order valence-electron chi connectivity index (χ4n) is 2.78. The summed E-state index contributed by atoms with van der Waals surface area (Å²) in [6, 6.07) is 12.0. The van der Waals surface area contributed by atoms with Gasteiger partial charge in [0.05, 0.1) is 20.1 Å². The van der Waals surface area contributed by atoms with Gasteiger partial charge in [-0.2, -0.15) is 0 Å². The van der Waals surface area contributed by atoms with Gasteiger partial charge in [0.15, 0.2) is 14.4 Å². The number of hydrogen-bond donors (Lipinski definition) is 0. The SMILES string of the molecule is COC(=O)C(O[Si](C)(C)C(C)(C)C)C(c1ccc(OC)cc1)c1ccc(C)s1. The Labute approximate surface area is 174 Å². The van der Waals surface area contributed by atoms with E-state index < -0.39 is 14.4 Å². The van der Waals surface area contributed by atoms with Gasteiger partial charge in [0.25, 0.3) is 0 Å². The number of thiophene rings is 1. The minimum atomic E-state index is -2.21. The number of methoxy groups -OCH3 is 2. The lowest BCUT2D eigenvalue weighted by molar-refractivity contribution is -0.150. The molecule has 4 nitrogen and oxygen atoms in total. The summed E-state index contributed by atoms with van der Waals surface area (Å²) in [5, 5.41) is -0.0188. The van der Waals surface area contributed by atoms with Crippen LogP contribution in [-0.2, 0) is 14.0 Å². The molecule has 1 aromatic heterocycles. The van der Waals surface area contributed by atoms with Crippen molar-refractivity contribution in [3.05, 3.63) is 51.7 Å². The van der Waals surface area contributed by atoms with Crippen molar-refractivity contribution in [1.29, 1.82) is 0 Å². The van der Waals surface area contributed by atoms with Crippen LogP contribution in [0.5, 0.6) is 5.75 Å². The molecule has 0 spiro atoms. The molecule has 2 unspecified atom stereocenters. The number of carbonyl (C=O) groups excluding carboxylic acids is 1. The molecule has 0 bridgehead atoms. The fourth-order valence-corrected chi connectivity index (χ4v) is 5.03. The molecule has 0 saturated carbocycles. The number of benzene rings is 1. The Kier molecular flexibility index (Phi) is 7.12. The highest BCUT2D eigenvalue weighted by atomic mass is 32.1. The summed E-state index contributed by atoms with van der Waals surface area (Å²) in [6.45, 7) is 12.9. The number of hydrogen-bond acceptors (Lipinski definition) is 5. The van der Waals surface area contributed by atoms with Gasteiger partial charge >= 0.3 is 5.97 Å². The fraction of sp³-hybridized carbons (Fsp3) is 0.500. The molecule has 2 aromatic rings. The first kappa shape index (κ1) is 22.7. The van der Waals surface area contributed by atoms with E-state index in [-0.39, 0.29) is 16.9 Å². The van der Waals surface area contributed by atoms with Crippen molar-refractivity contribution < 1.29 is 18.7 Å². The van der Waals surface area contributed by atoms with Crippen molar-refractivity contribution in [3.8, 4) is 5.75 Å². The summed E-state index contributed by atoms with van der Waals surface area (Å²) < 4.78 is 17.1. The van der Waals surface area contributed by atoms with Crippen LogP contribution in [0.2, 0.25) is 18.1 Å². The van der Waals surface area contributed by atoms with E-state index in [4.69, 9.17) is 13.9 Å². The van der Waals surface area contributed by atoms with Crippen molar-refractivity contribution in [2.24, 2.45) is 0 Å². The molecule has 2 rings (SSSR count). The topological polar surface area (TPSA) is 44.8 Å². The molecule has 0 aliphatic heterocycles. The second-order valence-electron chi connectivity index (χ2n) is 8.52. The molecule has 0 saturated heterocycles. The van der Waals surface area contributed by atoms with Gasteiger partial charge in [-0.25, -0.2) is 4.79 Å². The van der Waals surface area contributed by atoms with Gasteiger partial charge in [-0.05, 0) is 54.9 Å². The lowest BCUT2D eigenvalue weighted by atomic mass is 9.91. The van der Waals surface area contributed by atoms with Crippen LogP contribution in [0.25, 0.3) is 0 Å². The van der Waals surface area contributed by atoms with Gasteiger partial charge in [0.1, 0.15) is 5.75 Å². The Morgan fingerprint density at radius 3 is 2.07 bits per heavy atom. The molecule has 6 heteroatoms. The van der Waals surface area contributed by atoms with Crippen LogP contribution in [0.1, 0.15) is 42.0 Å². The molecule has 0 N–H and O–H groups in total. The Hall–Kier alpha value is -1.63. The summed E-state index contributed by atoms with van der Waals surface area (Å²) >= 11 is 1.69. The molecular formula is C22H32O4SSi. The van der Waals surface area contributed by atoms with E-state index in [9.17, 15) is 4.79 Å². The molecule has 0 fully saturated rings. The van der Waals surface area contributed by atoms with Crippen LogP contribution in [0.15, 0.2) is 36.4 Å². The maximum absolute atomic E-state index is 12.9. The number of esters is 1. The predicted octanol–water partition coefficient (Wildman–Crippen LogP) is 5.76. The minimum absolute atomic E-state index is 0.0188. The van der Waals surface area contributed by atoms with Crippen LogP contribution in [0.4, 0.5) is 0 Å². The van der Waals surface area contributed by atoms with Crippen molar-refractivity contribution in [2.75, 3.05) is 14.2 Å². The standard InChI is InChI=1S/C22H32O4SSi/c1-15-9-14-18(27-15)19(16-10-12-17(24-5)13-11-16)20(21(23)25-6)26-28(7,8)22(2,3)4/h9-14,19-20H,1-8H3. The van der Waals surface area contributed by atoms with E-state index in [1.165, 1.54) is 12.0 Å². The van der Waals surface area contributed by atoms with Crippen LogP contribution >= 0.6 is 11.3 Å². The zero-order chi connectivity index (χ0) is 21.1. The summed E-state index contributed by atoms with van der Waals surface area (Å²) in [6.07, 6.45) is -0.697. The average Bonchev–Trinajstić information content (AvgIpc) is 3.06. The monoisotopic (exact) mass is 420 g/mol. The Balaban J connectivity index is 2.56. The summed E-state index contributed by atoms with van der Waals surface area (Å²) in [5.74, 6) is 0.215. The molecule has 0 amide bonds. The maximum atomic E-state index is 12.9. The molecule has 28 heavy (non-hydrogen) atoms. The molecule has 0 aliphatic rings. The lowest BCUT2D eigenvalue weighted by Crippen LogP contribution is -2.48. The maximum Gasteiger partial charge on any atom is 0.334 e. The lowest BCUT2D eigenvalue weighted by Gasteiger charge is -2.40. The van der Waals surface area contributed by atoms with Crippen LogP contribution in [0.3, 0.4) is 0 Å². The highest BCUT2D eigenvalue weighted by molar-refractivity contribution is 7.12. The van der Waals surface area contributed by atoms with Gasteiger partial charge in [-0.3, -0.25) is 0 Å². The van der Waals surface area contributed by atoms with Crippen molar-refractivity contribution in [1.82, 2.24) is 0 Å². The summed E-state index contributed by atoms with van der Waals surface area (Å²) in [4.78, 5) is 15.2. The first-order valence-electron chi connectivity index (χ1n) is 9.46. The average molecular weight is 421 g/mol. The Morgan fingerprint density at radius 1 is 1.04 bits per heavy atom. The molecule has 1 heterocycles. The number of ether oxygens (including phenoxy) is 2. The van der Waals surface area contributed by atoms with Gasteiger partial charge < -0.3 is 13.9 Å². The van der Waals surface area contributed by atoms with E-state index in [0.29, 0.717) is 0 Å². The highest BCUT2D eigenvalue weighted by Crippen LogP contribution is 2.42. The third kappa shape index (κ3) is 5.04. The van der Waals surface area contributed by atoms with E-state index in [1.807, 2.05) is 24.3 Å². The number of carbonyl (C=O) groups is 1. The third-order valence-electron chi connectivity index (χ3n) is 5.51. The predicted molar refractivity (Wildman–Crippen MR) is 118 cm³/mol. The van der Waals surface area contributed by atoms with Crippen molar-refractivity contribution in [3.63, 3.8) is 0 Å². The van der Waals surface area contributed by atoms with E-state index in [1.54, 1.807) is 18.4 Å². The molecule has 1 aromatic carbocycles. The Bertz CT molecular complexity index is 790. The van der Waals surface area contributed by atoms with Gasteiger partial charge in [0, 0.05) is 9.75 Å². The highest BCUT2D eigenvalue weighted by Gasteiger charge is 2.44. The van der Waals surface area contributed by atoms with Crippen LogP contribution in [0, 0.1) is 6.92 Å². The van der Waals surface area contributed by atoms with E-state index >= 15 is 0 Å². The van der Waals surface area contributed by atoms with Gasteiger partial charge in [-0.15, -0.1) is 11.3 Å². The second kappa shape index (κ2) is 8.80. The van der Waals surface area contributed by atoms with Crippen molar-refractivity contribution >= 4 is 25.6 Å². The first-order chi connectivity index (χ1) is 13.0. The van der Waals surface area contributed by atoms with E-state index in [0.717, 1.165) is 16.2 Å². The smallest absolute Gasteiger partial charge is 0.334 e. The van der Waals surface area contributed by atoms with E-state index in [2.05, 4.69) is 52.9 Å². The molecule has 0 aliphatic carbocycles. The van der Waals surface area contributed by atoms with Crippen LogP contribution in [-0.4, -0.2) is 34.6 Å². The molecule has 2 atom stereocenters. The van der Waals surface area contributed by atoms with Crippen molar-refractivity contribution in [2.45, 2.75) is 57.8 Å². The molecular weight excluding hydrogens is 388 g/mol. The molecule has 154 valence electrons. The Morgan fingerprint density at radius 2 is 1.64 bits per heavy atom. The zero-order valence-corrected chi connectivity index (χ0v) is 20.0. The third-order valence-corrected chi connectivity index (χ3v) is 11.0. The summed E-state index contributed by atoms with van der Waals surface area (Å²) in [7, 11) is 0.864. The van der Waals surface area contributed by atoms with Crippen LogP contribution < -0.4 is 4.74 Å². The zero-order valence-electron chi connectivity index (χ0n) is 18.2. The molecule has 0 radical (unpaired) electrons. The summed E-state index contributed by atoms with van der Waals surface area (Å²) in [5.41, 5.74) is 1.01. The largest absolute Gasteiger partial charge is 0.497 e. The quantitative estimate of drug-likeness (QED) is 0.422. The van der Waals surface area contributed by atoms with Gasteiger partial charge in [0.2, 0.25) is 0 Å². The normalized spacial score (nSPS) is 14.4. The second-order valence-corrected chi connectivity index (χ2v) is 14.6. The van der Waals surface area contributed by atoms with Gasteiger partial charge in [-0.1, -0.05) is 32.9 Å².